The maximum Gasteiger partial charge on any atom is 0.338 e. The van der Waals surface area contributed by atoms with Crippen LogP contribution in [0.4, 0.5) is 10.1 Å². The van der Waals surface area contributed by atoms with E-state index in [1.807, 2.05) is 0 Å². The summed E-state index contributed by atoms with van der Waals surface area (Å²) in [4.78, 5) is 11.5. The number of carbonyl (C=O) groups is 1. The number of hydrogen-bond acceptors (Lipinski definition) is 3. The van der Waals surface area contributed by atoms with Crippen molar-refractivity contribution in [1.29, 1.82) is 0 Å². The van der Waals surface area contributed by atoms with Gasteiger partial charge in [-0.1, -0.05) is 6.07 Å². The monoisotopic (exact) mass is 211 g/mol. The summed E-state index contributed by atoms with van der Waals surface area (Å²) in [6, 6.07) is 5.03. The SMILES string of the molecule is Cc1ccc(N)cc1C(=O)OCCCF. The van der Waals surface area contributed by atoms with Gasteiger partial charge in [0.05, 0.1) is 18.8 Å². The molecule has 1 rings (SSSR count). The van der Waals surface area contributed by atoms with E-state index in [9.17, 15) is 9.18 Å². The number of benzene rings is 1. The summed E-state index contributed by atoms with van der Waals surface area (Å²) in [7, 11) is 0. The molecule has 0 saturated heterocycles. The highest BCUT2D eigenvalue weighted by Gasteiger charge is 2.10. The van der Waals surface area contributed by atoms with Gasteiger partial charge in [0, 0.05) is 12.1 Å². The number of nitrogens with two attached hydrogens (primary N) is 1. The maximum atomic E-state index is 11.8. The van der Waals surface area contributed by atoms with Crippen molar-refractivity contribution in [3.8, 4) is 0 Å². The first-order valence-corrected chi connectivity index (χ1v) is 4.74. The summed E-state index contributed by atoms with van der Waals surface area (Å²) in [5.74, 6) is -0.451. The first kappa shape index (κ1) is 11.5. The lowest BCUT2D eigenvalue weighted by Gasteiger charge is -2.06. The van der Waals surface area contributed by atoms with Crippen molar-refractivity contribution in [3.05, 3.63) is 29.3 Å². The van der Waals surface area contributed by atoms with Crippen LogP contribution in [0.15, 0.2) is 18.2 Å². The minimum Gasteiger partial charge on any atom is -0.462 e. The lowest BCUT2D eigenvalue weighted by Crippen LogP contribution is -2.09. The molecular weight excluding hydrogens is 197 g/mol. The molecule has 0 radical (unpaired) electrons. The molecular formula is C11H14FNO2. The molecule has 2 N–H and O–H groups in total. The second-order valence-electron chi connectivity index (χ2n) is 3.25. The van der Waals surface area contributed by atoms with E-state index in [4.69, 9.17) is 10.5 Å². The quantitative estimate of drug-likeness (QED) is 0.471. The number of rotatable bonds is 4. The summed E-state index contributed by atoms with van der Waals surface area (Å²) in [5, 5.41) is 0. The summed E-state index contributed by atoms with van der Waals surface area (Å²) >= 11 is 0. The minimum absolute atomic E-state index is 0.101. The number of anilines is 1. The number of nitrogen functional groups attached to an aromatic ring is 1. The molecule has 1 aromatic carbocycles. The van der Waals surface area contributed by atoms with E-state index in [1.165, 1.54) is 0 Å². The van der Waals surface area contributed by atoms with Crippen molar-refractivity contribution in [2.24, 2.45) is 0 Å². The molecule has 0 saturated carbocycles. The fourth-order valence-electron chi connectivity index (χ4n) is 1.16. The van der Waals surface area contributed by atoms with Gasteiger partial charge in [0.1, 0.15) is 0 Å². The molecule has 15 heavy (non-hydrogen) atoms. The number of aryl methyl sites for hydroxylation is 1. The summed E-state index contributed by atoms with van der Waals surface area (Å²) in [6.07, 6.45) is 0.229. The van der Waals surface area contributed by atoms with E-state index in [2.05, 4.69) is 0 Å². The molecule has 0 aliphatic rings. The number of carbonyl (C=O) groups excluding carboxylic acids is 1. The van der Waals surface area contributed by atoms with E-state index < -0.39 is 12.6 Å². The standard InChI is InChI=1S/C11H14FNO2/c1-8-3-4-9(13)7-10(8)11(14)15-6-2-5-12/h3-4,7H,2,5-6,13H2,1H3. The topological polar surface area (TPSA) is 52.3 Å². The molecule has 0 aromatic heterocycles. The van der Waals surface area contributed by atoms with Gasteiger partial charge < -0.3 is 10.5 Å². The molecule has 0 bridgehead atoms. The Kier molecular flexibility index (Phi) is 4.09. The number of hydrogen-bond donors (Lipinski definition) is 1. The third kappa shape index (κ3) is 3.23. The molecule has 0 atom stereocenters. The molecule has 4 heteroatoms. The molecule has 0 heterocycles. The Morgan fingerprint density at radius 3 is 2.93 bits per heavy atom. The van der Waals surface area contributed by atoms with Crippen LogP contribution in [0, 0.1) is 6.92 Å². The van der Waals surface area contributed by atoms with Crippen LogP contribution in [0.5, 0.6) is 0 Å². The van der Waals surface area contributed by atoms with Gasteiger partial charge in [-0.25, -0.2) is 4.79 Å². The molecule has 1 aromatic rings. The molecule has 82 valence electrons. The van der Waals surface area contributed by atoms with Crippen LogP contribution in [-0.4, -0.2) is 19.3 Å². The van der Waals surface area contributed by atoms with E-state index in [1.54, 1.807) is 25.1 Å². The highest BCUT2D eigenvalue weighted by Crippen LogP contribution is 2.13. The van der Waals surface area contributed by atoms with Crippen molar-refractivity contribution < 1.29 is 13.9 Å². The fourth-order valence-corrected chi connectivity index (χ4v) is 1.16. The second-order valence-corrected chi connectivity index (χ2v) is 3.25. The second kappa shape index (κ2) is 5.34. The van der Waals surface area contributed by atoms with E-state index >= 15 is 0 Å². The van der Waals surface area contributed by atoms with Crippen LogP contribution in [-0.2, 0) is 4.74 Å². The maximum absolute atomic E-state index is 11.8. The van der Waals surface area contributed by atoms with Crippen LogP contribution in [0.1, 0.15) is 22.3 Å². The molecule has 0 unspecified atom stereocenters. The predicted molar refractivity (Wildman–Crippen MR) is 56.5 cm³/mol. The normalized spacial score (nSPS) is 10.0. The van der Waals surface area contributed by atoms with Crippen molar-refractivity contribution >= 4 is 11.7 Å². The van der Waals surface area contributed by atoms with Crippen molar-refractivity contribution in [1.82, 2.24) is 0 Å². The van der Waals surface area contributed by atoms with Crippen molar-refractivity contribution in [2.45, 2.75) is 13.3 Å². The van der Waals surface area contributed by atoms with Gasteiger partial charge in [-0.2, -0.15) is 0 Å². The first-order valence-electron chi connectivity index (χ1n) is 4.74. The Morgan fingerprint density at radius 1 is 1.53 bits per heavy atom. The van der Waals surface area contributed by atoms with Gasteiger partial charge in [0.25, 0.3) is 0 Å². The average molecular weight is 211 g/mol. The fraction of sp³-hybridized carbons (Fsp3) is 0.364. The zero-order valence-electron chi connectivity index (χ0n) is 8.63. The largest absolute Gasteiger partial charge is 0.462 e. The zero-order chi connectivity index (χ0) is 11.3. The minimum atomic E-state index is -0.483. The van der Waals surface area contributed by atoms with Crippen LogP contribution in [0.25, 0.3) is 0 Å². The number of ether oxygens (including phenoxy) is 1. The summed E-state index contributed by atoms with van der Waals surface area (Å²) in [6.45, 7) is 1.41. The van der Waals surface area contributed by atoms with Gasteiger partial charge >= 0.3 is 5.97 Å². The molecule has 0 spiro atoms. The predicted octanol–water partition coefficient (Wildman–Crippen LogP) is 2.09. The van der Waals surface area contributed by atoms with Crippen molar-refractivity contribution in [3.63, 3.8) is 0 Å². The molecule has 0 fully saturated rings. The van der Waals surface area contributed by atoms with E-state index in [-0.39, 0.29) is 13.0 Å². The summed E-state index contributed by atoms with van der Waals surface area (Å²) < 4.78 is 16.6. The molecule has 0 aliphatic heterocycles. The third-order valence-electron chi connectivity index (χ3n) is 1.99. The van der Waals surface area contributed by atoms with Gasteiger partial charge in [-0.15, -0.1) is 0 Å². The Morgan fingerprint density at radius 2 is 2.27 bits per heavy atom. The van der Waals surface area contributed by atoms with Gasteiger partial charge in [-0.3, -0.25) is 4.39 Å². The smallest absolute Gasteiger partial charge is 0.338 e. The van der Waals surface area contributed by atoms with Crippen LogP contribution in [0.2, 0.25) is 0 Å². The number of alkyl halides is 1. The number of esters is 1. The summed E-state index contributed by atoms with van der Waals surface area (Å²) in [5.41, 5.74) is 7.30. The van der Waals surface area contributed by atoms with Crippen LogP contribution in [0.3, 0.4) is 0 Å². The molecule has 0 amide bonds. The number of halogens is 1. The molecule has 0 aliphatic carbocycles. The average Bonchev–Trinajstić information content (AvgIpc) is 2.22. The molecule has 3 nitrogen and oxygen atoms in total. The van der Waals surface area contributed by atoms with Gasteiger partial charge in [0.15, 0.2) is 0 Å². The van der Waals surface area contributed by atoms with Crippen LogP contribution >= 0.6 is 0 Å². The van der Waals surface area contributed by atoms with E-state index in [0.29, 0.717) is 11.3 Å². The Balaban J connectivity index is 2.68. The Labute approximate surface area is 88.0 Å². The zero-order valence-corrected chi connectivity index (χ0v) is 8.63. The lowest BCUT2D eigenvalue weighted by molar-refractivity contribution is 0.0493. The van der Waals surface area contributed by atoms with Crippen LogP contribution < -0.4 is 5.73 Å². The van der Waals surface area contributed by atoms with Crippen molar-refractivity contribution in [2.75, 3.05) is 19.0 Å². The Hall–Kier alpha value is -1.58. The van der Waals surface area contributed by atoms with Gasteiger partial charge in [-0.05, 0) is 24.6 Å². The first-order chi connectivity index (χ1) is 7.15. The highest BCUT2D eigenvalue weighted by molar-refractivity contribution is 5.92. The third-order valence-corrected chi connectivity index (χ3v) is 1.99. The van der Waals surface area contributed by atoms with E-state index in [0.717, 1.165) is 5.56 Å². The highest BCUT2D eigenvalue weighted by atomic mass is 19.1. The lowest BCUT2D eigenvalue weighted by atomic mass is 10.1. The Bertz CT molecular complexity index is 352. The van der Waals surface area contributed by atoms with Gasteiger partial charge in [0.2, 0.25) is 0 Å².